The standard InChI is InChI=1S/C14H12ClNO2/c1-9(17)13-8-12(5-6-14(13)16)18-11-4-2-3-10(15)7-11/h2-8H,16H2,1H3. The monoisotopic (exact) mass is 261 g/mol. The molecule has 0 saturated carbocycles. The molecule has 0 aliphatic heterocycles. The molecule has 4 heteroatoms. The summed E-state index contributed by atoms with van der Waals surface area (Å²) in [7, 11) is 0. The lowest BCUT2D eigenvalue weighted by atomic mass is 10.1. The lowest BCUT2D eigenvalue weighted by molar-refractivity contribution is 0.101. The van der Waals surface area contributed by atoms with Crippen molar-refractivity contribution in [3.8, 4) is 11.5 Å². The number of halogens is 1. The largest absolute Gasteiger partial charge is 0.457 e. The lowest BCUT2D eigenvalue weighted by Gasteiger charge is -2.08. The first-order valence-corrected chi connectivity index (χ1v) is 5.78. The number of nitrogen functional groups attached to an aromatic ring is 1. The average Bonchev–Trinajstić information content (AvgIpc) is 2.31. The molecule has 2 N–H and O–H groups in total. The molecule has 2 aromatic carbocycles. The van der Waals surface area contributed by atoms with Crippen molar-refractivity contribution in [2.45, 2.75) is 6.92 Å². The first-order valence-electron chi connectivity index (χ1n) is 5.40. The summed E-state index contributed by atoms with van der Waals surface area (Å²) in [4.78, 5) is 11.4. The van der Waals surface area contributed by atoms with Gasteiger partial charge in [0.15, 0.2) is 5.78 Å². The van der Waals surface area contributed by atoms with Crippen LogP contribution in [0.4, 0.5) is 5.69 Å². The second-order valence-corrected chi connectivity index (χ2v) is 4.30. The fourth-order valence-corrected chi connectivity index (χ4v) is 1.75. The number of carbonyl (C=O) groups is 1. The fraction of sp³-hybridized carbons (Fsp3) is 0.0714. The van der Waals surface area contributed by atoms with Crippen LogP contribution in [0.15, 0.2) is 42.5 Å². The van der Waals surface area contributed by atoms with Gasteiger partial charge in [0.2, 0.25) is 0 Å². The van der Waals surface area contributed by atoms with Gasteiger partial charge in [0.1, 0.15) is 11.5 Å². The molecule has 92 valence electrons. The summed E-state index contributed by atoms with van der Waals surface area (Å²) in [5, 5.41) is 0.592. The summed E-state index contributed by atoms with van der Waals surface area (Å²) in [6, 6.07) is 12.0. The summed E-state index contributed by atoms with van der Waals surface area (Å²) in [5.74, 6) is 1.07. The van der Waals surface area contributed by atoms with E-state index in [-0.39, 0.29) is 5.78 Å². The van der Waals surface area contributed by atoms with Crippen molar-refractivity contribution in [1.82, 2.24) is 0 Å². The fourth-order valence-electron chi connectivity index (χ4n) is 1.57. The van der Waals surface area contributed by atoms with Crippen molar-refractivity contribution in [3.05, 3.63) is 53.1 Å². The van der Waals surface area contributed by atoms with Gasteiger partial charge in [-0.2, -0.15) is 0 Å². The minimum atomic E-state index is -0.0935. The Balaban J connectivity index is 2.30. The Kier molecular flexibility index (Phi) is 3.53. The zero-order chi connectivity index (χ0) is 13.1. The minimum absolute atomic E-state index is 0.0935. The third-order valence-corrected chi connectivity index (χ3v) is 2.67. The molecule has 0 unspecified atom stereocenters. The number of benzene rings is 2. The van der Waals surface area contributed by atoms with Crippen LogP contribution in [0, 0.1) is 0 Å². The summed E-state index contributed by atoms with van der Waals surface area (Å²) >= 11 is 5.86. The van der Waals surface area contributed by atoms with Gasteiger partial charge in [-0.1, -0.05) is 17.7 Å². The molecule has 0 aliphatic rings. The molecular weight excluding hydrogens is 250 g/mol. The smallest absolute Gasteiger partial charge is 0.162 e. The third kappa shape index (κ3) is 2.81. The lowest BCUT2D eigenvalue weighted by Crippen LogP contribution is -1.99. The highest BCUT2D eigenvalue weighted by atomic mass is 35.5. The van der Waals surface area contributed by atoms with Crippen molar-refractivity contribution in [1.29, 1.82) is 0 Å². The maximum atomic E-state index is 11.4. The van der Waals surface area contributed by atoms with Crippen LogP contribution >= 0.6 is 11.6 Å². The van der Waals surface area contributed by atoms with E-state index >= 15 is 0 Å². The summed E-state index contributed by atoms with van der Waals surface area (Å²) in [6.45, 7) is 1.47. The minimum Gasteiger partial charge on any atom is -0.457 e. The molecule has 0 fully saturated rings. The molecule has 0 aromatic heterocycles. The van der Waals surface area contributed by atoms with Crippen LogP contribution in [0.5, 0.6) is 11.5 Å². The molecule has 0 bridgehead atoms. The molecule has 0 saturated heterocycles. The summed E-state index contributed by atoms with van der Waals surface area (Å²) < 4.78 is 5.61. The number of Topliss-reactive ketones (excluding diaryl/α,β-unsaturated/α-hetero) is 1. The van der Waals surface area contributed by atoms with E-state index in [1.54, 1.807) is 42.5 Å². The zero-order valence-electron chi connectivity index (χ0n) is 9.81. The predicted molar refractivity (Wildman–Crippen MR) is 72.4 cm³/mol. The van der Waals surface area contributed by atoms with Crippen molar-refractivity contribution >= 4 is 23.1 Å². The van der Waals surface area contributed by atoms with E-state index in [9.17, 15) is 4.79 Å². The highest BCUT2D eigenvalue weighted by Crippen LogP contribution is 2.27. The molecule has 0 spiro atoms. The number of hydrogen-bond acceptors (Lipinski definition) is 3. The number of ether oxygens (including phenoxy) is 1. The van der Waals surface area contributed by atoms with Crippen LogP contribution in [0.1, 0.15) is 17.3 Å². The quantitative estimate of drug-likeness (QED) is 0.673. The highest BCUT2D eigenvalue weighted by Gasteiger charge is 2.07. The Labute approximate surface area is 110 Å². The van der Waals surface area contributed by atoms with Crippen molar-refractivity contribution < 1.29 is 9.53 Å². The van der Waals surface area contributed by atoms with Gasteiger partial charge in [0.25, 0.3) is 0 Å². The van der Waals surface area contributed by atoms with E-state index in [0.29, 0.717) is 27.8 Å². The van der Waals surface area contributed by atoms with E-state index in [0.717, 1.165) is 0 Å². The van der Waals surface area contributed by atoms with Gasteiger partial charge in [-0.3, -0.25) is 4.79 Å². The number of hydrogen-bond donors (Lipinski definition) is 1. The molecule has 0 amide bonds. The van der Waals surface area contributed by atoms with Crippen LogP contribution in [0.25, 0.3) is 0 Å². The maximum Gasteiger partial charge on any atom is 0.162 e. The highest BCUT2D eigenvalue weighted by molar-refractivity contribution is 6.30. The van der Waals surface area contributed by atoms with Crippen LogP contribution < -0.4 is 10.5 Å². The van der Waals surface area contributed by atoms with E-state index in [4.69, 9.17) is 22.1 Å². The molecule has 3 nitrogen and oxygen atoms in total. The molecule has 0 heterocycles. The van der Waals surface area contributed by atoms with Gasteiger partial charge < -0.3 is 10.5 Å². The molecular formula is C14H12ClNO2. The first kappa shape index (κ1) is 12.5. The molecule has 2 aromatic rings. The molecule has 2 rings (SSSR count). The Morgan fingerprint density at radius 2 is 1.89 bits per heavy atom. The summed E-state index contributed by atoms with van der Waals surface area (Å²) in [6.07, 6.45) is 0. The Bertz CT molecular complexity index is 596. The van der Waals surface area contributed by atoms with Gasteiger partial charge in [-0.05, 0) is 43.3 Å². The van der Waals surface area contributed by atoms with Crippen molar-refractivity contribution in [2.24, 2.45) is 0 Å². The van der Waals surface area contributed by atoms with Gasteiger partial charge in [0, 0.05) is 16.3 Å². The van der Waals surface area contributed by atoms with E-state index in [1.807, 2.05) is 0 Å². The van der Waals surface area contributed by atoms with E-state index in [1.165, 1.54) is 6.92 Å². The SMILES string of the molecule is CC(=O)c1cc(Oc2cccc(Cl)c2)ccc1N. The average molecular weight is 262 g/mol. The van der Waals surface area contributed by atoms with E-state index < -0.39 is 0 Å². The van der Waals surface area contributed by atoms with Gasteiger partial charge in [-0.25, -0.2) is 0 Å². The van der Waals surface area contributed by atoms with Crippen LogP contribution in [0.2, 0.25) is 5.02 Å². The number of carbonyl (C=O) groups excluding carboxylic acids is 1. The maximum absolute atomic E-state index is 11.4. The van der Waals surface area contributed by atoms with Crippen molar-refractivity contribution in [3.63, 3.8) is 0 Å². The van der Waals surface area contributed by atoms with Gasteiger partial charge >= 0.3 is 0 Å². The van der Waals surface area contributed by atoms with Crippen LogP contribution in [0.3, 0.4) is 0 Å². The zero-order valence-corrected chi connectivity index (χ0v) is 10.6. The van der Waals surface area contributed by atoms with Crippen LogP contribution in [-0.2, 0) is 0 Å². The van der Waals surface area contributed by atoms with E-state index in [2.05, 4.69) is 0 Å². The molecule has 0 atom stereocenters. The van der Waals surface area contributed by atoms with Crippen LogP contribution in [-0.4, -0.2) is 5.78 Å². The predicted octanol–water partition coefficient (Wildman–Crippen LogP) is 3.92. The second kappa shape index (κ2) is 5.10. The molecule has 18 heavy (non-hydrogen) atoms. The number of nitrogens with two attached hydrogens (primary N) is 1. The number of ketones is 1. The molecule has 0 radical (unpaired) electrons. The molecule has 0 aliphatic carbocycles. The topological polar surface area (TPSA) is 52.3 Å². The third-order valence-electron chi connectivity index (χ3n) is 2.44. The second-order valence-electron chi connectivity index (χ2n) is 3.86. The van der Waals surface area contributed by atoms with Gasteiger partial charge in [0.05, 0.1) is 0 Å². The Hall–Kier alpha value is -2.00. The first-order chi connectivity index (χ1) is 8.56. The summed E-state index contributed by atoms with van der Waals surface area (Å²) in [5.41, 5.74) is 6.61. The van der Waals surface area contributed by atoms with Crippen molar-refractivity contribution in [2.75, 3.05) is 5.73 Å². The number of rotatable bonds is 3. The Morgan fingerprint density at radius 1 is 1.17 bits per heavy atom. The number of anilines is 1. The normalized spacial score (nSPS) is 10.1. The Morgan fingerprint density at radius 3 is 2.56 bits per heavy atom. The van der Waals surface area contributed by atoms with Gasteiger partial charge in [-0.15, -0.1) is 0 Å².